The molecule has 3 rings (SSSR count). The van der Waals surface area contributed by atoms with Gasteiger partial charge in [-0.1, -0.05) is 0 Å². The summed E-state index contributed by atoms with van der Waals surface area (Å²) < 4.78 is 13.1. The third-order valence-corrected chi connectivity index (χ3v) is 2.83. The Hall–Kier alpha value is -2.82. The predicted molar refractivity (Wildman–Crippen MR) is 73.9 cm³/mol. The zero-order valence-corrected chi connectivity index (χ0v) is 10.4. The average Bonchev–Trinajstić information content (AvgIpc) is 2.47. The topological polar surface area (TPSA) is 54.9 Å². The van der Waals surface area contributed by atoms with Gasteiger partial charge in [-0.15, -0.1) is 0 Å². The maximum Gasteiger partial charge on any atom is 0.257 e. The molecular formula is C15H10FN3O. The number of amides is 1. The van der Waals surface area contributed by atoms with Gasteiger partial charge >= 0.3 is 0 Å². The highest BCUT2D eigenvalue weighted by molar-refractivity contribution is 6.05. The Morgan fingerprint density at radius 2 is 2.05 bits per heavy atom. The Kier molecular flexibility index (Phi) is 3.09. The Balaban J connectivity index is 1.90. The fourth-order valence-electron chi connectivity index (χ4n) is 1.86. The van der Waals surface area contributed by atoms with Crippen molar-refractivity contribution in [3.63, 3.8) is 0 Å². The van der Waals surface area contributed by atoms with Crippen LogP contribution < -0.4 is 5.32 Å². The highest BCUT2D eigenvalue weighted by Crippen LogP contribution is 2.15. The minimum Gasteiger partial charge on any atom is -0.321 e. The van der Waals surface area contributed by atoms with Crippen LogP contribution in [0.1, 0.15) is 10.4 Å². The van der Waals surface area contributed by atoms with Gasteiger partial charge in [0.2, 0.25) is 0 Å². The monoisotopic (exact) mass is 267 g/mol. The highest BCUT2D eigenvalue weighted by Gasteiger charge is 2.08. The van der Waals surface area contributed by atoms with E-state index in [-0.39, 0.29) is 11.7 Å². The third kappa shape index (κ3) is 2.47. The van der Waals surface area contributed by atoms with Crippen LogP contribution in [0.5, 0.6) is 0 Å². The van der Waals surface area contributed by atoms with Gasteiger partial charge in [-0.05, 0) is 30.3 Å². The van der Waals surface area contributed by atoms with Gasteiger partial charge in [-0.3, -0.25) is 14.8 Å². The van der Waals surface area contributed by atoms with Gasteiger partial charge in [-0.2, -0.15) is 0 Å². The molecule has 0 aliphatic heterocycles. The van der Waals surface area contributed by atoms with Gasteiger partial charge in [0.25, 0.3) is 5.91 Å². The molecule has 98 valence electrons. The lowest BCUT2D eigenvalue weighted by molar-refractivity contribution is 0.102. The molecule has 0 aliphatic rings. The van der Waals surface area contributed by atoms with E-state index in [0.717, 1.165) is 0 Å². The number of anilines is 1. The van der Waals surface area contributed by atoms with Gasteiger partial charge in [0, 0.05) is 23.8 Å². The van der Waals surface area contributed by atoms with Crippen molar-refractivity contribution in [1.29, 1.82) is 0 Å². The average molecular weight is 267 g/mol. The first-order chi connectivity index (χ1) is 9.72. The van der Waals surface area contributed by atoms with Crippen molar-refractivity contribution in [3.8, 4) is 0 Å². The van der Waals surface area contributed by atoms with E-state index in [9.17, 15) is 9.18 Å². The van der Waals surface area contributed by atoms with Crippen LogP contribution in [0.3, 0.4) is 0 Å². The van der Waals surface area contributed by atoms with Crippen molar-refractivity contribution >= 4 is 22.5 Å². The number of fused-ring (bicyclic) bond motifs is 1. The summed E-state index contributed by atoms with van der Waals surface area (Å²) in [5.41, 5.74) is 1.53. The summed E-state index contributed by atoms with van der Waals surface area (Å²) in [4.78, 5) is 20.1. The molecule has 5 heteroatoms. The number of aromatic nitrogens is 2. The molecule has 1 aromatic carbocycles. The lowest BCUT2D eigenvalue weighted by Crippen LogP contribution is -2.12. The summed E-state index contributed by atoms with van der Waals surface area (Å²) in [5.74, 6) is -0.630. The molecule has 3 aromatic rings. The first-order valence-corrected chi connectivity index (χ1v) is 5.99. The first-order valence-electron chi connectivity index (χ1n) is 5.99. The summed E-state index contributed by atoms with van der Waals surface area (Å²) in [6.45, 7) is 0. The molecule has 0 unspecified atom stereocenters. The van der Waals surface area contributed by atoms with Crippen LogP contribution in [0.4, 0.5) is 10.1 Å². The van der Waals surface area contributed by atoms with Crippen molar-refractivity contribution in [2.75, 3.05) is 5.32 Å². The summed E-state index contributed by atoms with van der Waals surface area (Å²) >= 11 is 0. The molecule has 1 amide bonds. The first kappa shape index (κ1) is 12.2. The van der Waals surface area contributed by atoms with Gasteiger partial charge in [0.15, 0.2) is 0 Å². The van der Waals surface area contributed by atoms with E-state index >= 15 is 0 Å². The van der Waals surface area contributed by atoms with Gasteiger partial charge in [0.05, 0.1) is 23.0 Å². The van der Waals surface area contributed by atoms with Crippen LogP contribution in [0.2, 0.25) is 0 Å². The lowest BCUT2D eigenvalue weighted by Gasteiger charge is -2.05. The summed E-state index contributed by atoms with van der Waals surface area (Å²) in [6.07, 6.45) is 4.61. The van der Waals surface area contributed by atoms with Crippen LogP contribution in [-0.4, -0.2) is 15.9 Å². The van der Waals surface area contributed by atoms with E-state index < -0.39 is 0 Å². The zero-order chi connectivity index (χ0) is 13.9. The fourth-order valence-corrected chi connectivity index (χ4v) is 1.86. The van der Waals surface area contributed by atoms with Crippen LogP contribution in [0.25, 0.3) is 10.9 Å². The van der Waals surface area contributed by atoms with Crippen molar-refractivity contribution in [1.82, 2.24) is 9.97 Å². The highest BCUT2D eigenvalue weighted by atomic mass is 19.1. The molecule has 0 aliphatic carbocycles. The van der Waals surface area contributed by atoms with E-state index in [1.807, 2.05) is 0 Å². The van der Waals surface area contributed by atoms with Crippen LogP contribution in [0.15, 0.2) is 55.0 Å². The molecule has 0 atom stereocenters. The molecule has 0 spiro atoms. The maximum atomic E-state index is 13.1. The summed E-state index contributed by atoms with van der Waals surface area (Å²) in [7, 11) is 0. The number of halogens is 1. The van der Waals surface area contributed by atoms with Crippen LogP contribution >= 0.6 is 0 Å². The van der Waals surface area contributed by atoms with Crippen molar-refractivity contribution < 1.29 is 9.18 Å². The van der Waals surface area contributed by atoms with E-state index in [1.165, 1.54) is 18.3 Å². The molecule has 0 fully saturated rings. The number of nitrogens with zero attached hydrogens (tertiary/aromatic N) is 2. The predicted octanol–water partition coefficient (Wildman–Crippen LogP) is 3.02. The van der Waals surface area contributed by atoms with E-state index in [2.05, 4.69) is 15.3 Å². The molecule has 0 saturated carbocycles. The molecular weight excluding hydrogens is 257 g/mol. The Morgan fingerprint density at radius 3 is 2.85 bits per heavy atom. The SMILES string of the molecule is O=C(Nc1cccnc1)c1cnc2cc(F)ccc2c1. The van der Waals surface area contributed by atoms with Crippen molar-refractivity contribution in [2.45, 2.75) is 0 Å². The van der Waals surface area contributed by atoms with E-state index in [4.69, 9.17) is 0 Å². The number of carbonyl (C=O) groups is 1. The summed E-state index contributed by atoms with van der Waals surface area (Å²) in [6, 6.07) is 9.42. The number of benzene rings is 1. The molecule has 0 saturated heterocycles. The van der Waals surface area contributed by atoms with Crippen LogP contribution in [0, 0.1) is 5.82 Å². The molecule has 20 heavy (non-hydrogen) atoms. The standard InChI is InChI=1S/C15H10FN3O/c16-12-4-3-10-6-11(8-18-14(10)7-12)15(20)19-13-2-1-5-17-9-13/h1-9H,(H,19,20). The quantitative estimate of drug-likeness (QED) is 0.776. The molecule has 0 radical (unpaired) electrons. The number of nitrogens with one attached hydrogen (secondary N) is 1. The summed E-state index contributed by atoms with van der Waals surface area (Å²) in [5, 5.41) is 3.43. The van der Waals surface area contributed by atoms with Gasteiger partial charge < -0.3 is 5.32 Å². The second-order valence-electron chi connectivity index (χ2n) is 4.26. The largest absolute Gasteiger partial charge is 0.321 e. The second-order valence-corrected chi connectivity index (χ2v) is 4.26. The zero-order valence-electron chi connectivity index (χ0n) is 10.4. The minimum atomic E-state index is -0.349. The normalized spacial score (nSPS) is 10.4. The number of hydrogen-bond acceptors (Lipinski definition) is 3. The molecule has 2 heterocycles. The molecule has 0 bridgehead atoms. The van der Waals surface area contributed by atoms with Crippen LogP contribution in [-0.2, 0) is 0 Å². The maximum absolute atomic E-state index is 13.1. The van der Waals surface area contributed by atoms with Gasteiger partial charge in [-0.25, -0.2) is 4.39 Å². The van der Waals surface area contributed by atoms with Crippen molar-refractivity contribution in [3.05, 3.63) is 66.4 Å². The lowest BCUT2D eigenvalue weighted by atomic mass is 10.1. The number of pyridine rings is 2. The van der Waals surface area contributed by atoms with Crippen molar-refractivity contribution in [2.24, 2.45) is 0 Å². The smallest absolute Gasteiger partial charge is 0.257 e. The Bertz CT molecular complexity index is 774. The number of hydrogen-bond donors (Lipinski definition) is 1. The number of carbonyl (C=O) groups excluding carboxylic acids is 1. The van der Waals surface area contributed by atoms with E-state index in [0.29, 0.717) is 22.2 Å². The Morgan fingerprint density at radius 1 is 1.15 bits per heavy atom. The third-order valence-electron chi connectivity index (χ3n) is 2.83. The molecule has 1 N–H and O–H groups in total. The Labute approximate surface area is 114 Å². The second kappa shape index (κ2) is 5.05. The van der Waals surface area contributed by atoms with E-state index in [1.54, 1.807) is 36.7 Å². The fraction of sp³-hybridized carbons (Fsp3) is 0. The minimum absolute atomic E-state index is 0.281. The number of rotatable bonds is 2. The molecule has 4 nitrogen and oxygen atoms in total. The molecule has 2 aromatic heterocycles. The van der Waals surface area contributed by atoms with Gasteiger partial charge in [0.1, 0.15) is 5.82 Å².